The molecule has 1 fully saturated rings. The van der Waals surface area contributed by atoms with Crippen molar-refractivity contribution in [2.24, 2.45) is 5.10 Å². The van der Waals surface area contributed by atoms with E-state index in [-0.39, 0.29) is 23.5 Å². The molecule has 0 spiro atoms. The molecule has 24 heavy (non-hydrogen) atoms. The standard InChI is InChI=1S/C14H19N7O3/c1-4-15-19-14-17-10(21-5-7-23-8-6-21)9-11(18-14)24-12(16-9)13(22)20(2)3/h4H,5-8H2,1-3H3,(H,17,18,19)/b15-4+. The Morgan fingerprint density at radius 2 is 2.04 bits per heavy atom. The minimum atomic E-state index is -0.331. The average molecular weight is 333 g/mol. The van der Waals surface area contributed by atoms with Crippen molar-refractivity contribution in [1.29, 1.82) is 0 Å². The second-order valence-corrected chi connectivity index (χ2v) is 5.34. The summed E-state index contributed by atoms with van der Waals surface area (Å²) in [4.78, 5) is 28.5. The number of hydrogen-bond acceptors (Lipinski definition) is 9. The molecule has 0 radical (unpaired) electrons. The number of nitrogens with zero attached hydrogens (tertiary/aromatic N) is 6. The van der Waals surface area contributed by atoms with Crippen LogP contribution in [-0.4, -0.2) is 72.4 Å². The predicted octanol–water partition coefficient (Wildman–Crippen LogP) is 0.574. The number of nitrogens with one attached hydrogen (secondary N) is 1. The molecule has 0 atom stereocenters. The van der Waals surface area contributed by atoms with Crippen molar-refractivity contribution in [3.63, 3.8) is 0 Å². The molecule has 3 heterocycles. The van der Waals surface area contributed by atoms with Crippen LogP contribution >= 0.6 is 0 Å². The van der Waals surface area contributed by atoms with E-state index in [1.165, 1.54) is 4.90 Å². The lowest BCUT2D eigenvalue weighted by Gasteiger charge is -2.27. The van der Waals surface area contributed by atoms with Gasteiger partial charge in [-0.05, 0) is 6.92 Å². The van der Waals surface area contributed by atoms with Crippen LogP contribution in [0, 0.1) is 0 Å². The lowest BCUT2D eigenvalue weighted by Crippen LogP contribution is -2.37. The number of aromatic nitrogens is 3. The van der Waals surface area contributed by atoms with Gasteiger partial charge in [-0.1, -0.05) is 0 Å². The fourth-order valence-electron chi connectivity index (χ4n) is 2.26. The number of fused-ring (bicyclic) bond motifs is 1. The van der Waals surface area contributed by atoms with Gasteiger partial charge in [0.15, 0.2) is 11.3 Å². The third kappa shape index (κ3) is 3.13. The van der Waals surface area contributed by atoms with Crippen LogP contribution in [0.1, 0.15) is 17.6 Å². The molecule has 10 nitrogen and oxygen atoms in total. The van der Waals surface area contributed by atoms with Gasteiger partial charge in [-0.25, -0.2) is 5.43 Å². The molecule has 0 unspecified atom stereocenters. The topological polar surface area (TPSA) is 109 Å². The summed E-state index contributed by atoms with van der Waals surface area (Å²) in [5, 5.41) is 3.92. The Morgan fingerprint density at radius 1 is 1.29 bits per heavy atom. The molecular weight excluding hydrogens is 314 g/mol. The van der Waals surface area contributed by atoms with Gasteiger partial charge < -0.3 is 19.0 Å². The maximum Gasteiger partial charge on any atom is 0.309 e. The molecule has 1 aliphatic heterocycles. The molecular formula is C14H19N7O3. The van der Waals surface area contributed by atoms with E-state index in [1.54, 1.807) is 27.2 Å². The molecule has 0 saturated carbocycles. The zero-order valence-corrected chi connectivity index (χ0v) is 13.8. The van der Waals surface area contributed by atoms with Crippen LogP contribution in [0.5, 0.6) is 0 Å². The number of oxazole rings is 1. The van der Waals surface area contributed by atoms with Gasteiger partial charge in [0.05, 0.1) is 13.2 Å². The quantitative estimate of drug-likeness (QED) is 0.639. The number of hydrogen-bond donors (Lipinski definition) is 1. The van der Waals surface area contributed by atoms with Crippen molar-refractivity contribution in [2.45, 2.75) is 6.92 Å². The van der Waals surface area contributed by atoms with Crippen LogP contribution in [0.3, 0.4) is 0 Å². The summed E-state index contributed by atoms with van der Waals surface area (Å²) < 4.78 is 10.9. The number of ether oxygens (including phenoxy) is 1. The Morgan fingerprint density at radius 3 is 2.71 bits per heavy atom. The van der Waals surface area contributed by atoms with E-state index in [0.717, 1.165) is 0 Å². The maximum atomic E-state index is 12.1. The summed E-state index contributed by atoms with van der Waals surface area (Å²) in [6.07, 6.45) is 1.59. The molecule has 1 amide bonds. The first-order valence-corrected chi connectivity index (χ1v) is 7.56. The molecule has 2 aromatic heterocycles. The van der Waals surface area contributed by atoms with Crippen LogP contribution in [0.4, 0.5) is 11.8 Å². The highest BCUT2D eigenvalue weighted by atomic mass is 16.5. The number of morpholine rings is 1. The largest absolute Gasteiger partial charge is 0.413 e. The lowest BCUT2D eigenvalue weighted by molar-refractivity contribution is 0.0791. The average Bonchev–Trinajstić information content (AvgIpc) is 3.03. The fraction of sp³-hybridized carbons (Fsp3) is 0.500. The lowest BCUT2D eigenvalue weighted by atomic mass is 10.4. The normalized spacial score (nSPS) is 15.2. The SMILES string of the molecule is C/C=N/Nc1nc(N2CCOCC2)c2nc(C(=O)N(C)C)oc2n1. The number of carbonyl (C=O) groups is 1. The first-order chi connectivity index (χ1) is 11.6. The summed E-state index contributed by atoms with van der Waals surface area (Å²) in [6.45, 7) is 4.32. The highest BCUT2D eigenvalue weighted by Crippen LogP contribution is 2.26. The molecule has 1 saturated heterocycles. The first kappa shape index (κ1) is 16.1. The molecule has 128 valence electrons. The second-order valence-electron chi connectivity index (χ2n) is 5.34. The number of carbonyl (C=O) groups excluding carboxylic acids is 1. The molecule has 2 aromatic rings. The fourth-order valence-corrected chi connectivity index (χ4v) is 2.26. The van der Waals surface area contributed by atoms with E-state index in [0.29, 0.717) is 37.6 Å². The molecule has 0 bridgehead atoms. The van der Waals surface area contributed by atoms with Gasteiger partial charge in [0.2, 0.25) is 5.95 Å². The van der Waals surface area contributed by atoms with E-state index in [9.17, 15) is 4.79 Å². The van der Waals surface area contributed by atoms with E-state index in [1.807, 2.05) is 4.90 Å². The maximum absolute atomic E-state index is 12.1. The van der Waals surface area contributed by atoms with Crippen molar-refractivity contribution < 1.29 is 13.9 Å². The van der Waals surface area contributed by atoms with Gasteiger partial charge in [0, 0.05) is 33.4 Å². The zero-order valence-electron chi connectivity index (χ0n) is 13.8. The van der Waals surface area contributed by atoms with Gasteiger partial charge in [-0.3, -0.25) is 4.79 Å². The number of hydrazone groups is 1. The summed E-state index contributed by atoms with van der Waals surface area (Å²) in [6, 6.07) is 0. The van der Waals surface area contributed by atoms with Gasteiger partial charge in [-0.15, -0.1) is 0 Å². The number of amides is 1. The Labute approximate surface area is 138 Å². The van der Waals surface area contributed by atoms with Crippen LogP contribution < -0.4 is 10.3 Å². The Bertz CT molecular complexity index is 765. The van der Waals surface area contributed by atoms with Crippen molar-refractivity contribution in [3.05, 3.63) is 5.89 Å². The Kier molecular flexibility index (Phi) is 4.56. The van der Waals surface area contributed by atoms with E-state index < -0.39 is 0 Å². The van der Waals surface area contributed by atoms with Crippen LogP contribution in [0.25, 0.3) is 11.2 Å². The summed E-state index contributed by atoms with van der Waals surface area (Å²) in [7, 11) is 3.27. The number of anilines is 2. The third-order valence-electron chi connectivity index (χ3n) is 3.43. The summed E-state index contributed by atoms with van der Waals surface area (Å²) in [5.41, 5.74) is 3.43. The monoisotopic (exact) mass is 333 g/mol. The van der Waals surface area contributed by atoms with Crippen LogP contribution in [-0.2, 0) is 4.74 Å². The van der Waals surface area contributed by atoms with Crippen LogP contribution in [0.15, 0.2) is 9.52 Å². The van der Waals surface area contributed by atoms with Crippen molar-refractivity contribution in [2.75, 3.05) is 50.7 Å². The van der Waals surface area contributed by atoms with E-state index in [2.05, 4.69) is 25.5 Å². The molecule has 0 aliphatic carbocycles. The number of rotatable bonds is 4. The second kappa shape index (κ2) is 6.79. The first-order valence-electron chi connectivity index (χ1n) is 7.56. The third-order valence-corrected chi connectivity index (χ3v) is 3.43. The van der Waals surface area contributed by atoms with Crippen LogP contribution in [0.2, 0.25) is 0 Å². The molecule has 3 rings (SSSR count). The van der Waals surface area contributed by atoms with E-state index in [4.69, 9.17) is 9.15 Å². The van der Waals surface area contributed by atoms with Crippen molar-refractivity contribution in [3.8, 4) is 0 Å². The Hall–Kier alpha value is -2.75. The summed E-state index contributed by atoms with van der Waals surface area (Å²) >= 11 is 0. The predicted molar refractivity (Wildman–Crippen MR) is 88.4 cm³/mol. The molecule has 0 aromatic carbocycles. The van der Waals surface area contributed by atoms with Gasteiger partial charge in [-0.2, -0.15) is 20.1 Å². The molecule has 1 N–H and O–H groups in total. The summed E-state index contributed by atoms with van der Waals surface area (Å²) in [5.74, 6) is 0.526. The zero-order chi connectivity index (χ0) is 17.1. The van der Waals surface area contributed by atoms with Crippen molar-refractivity contribution in [1.82, 2.24) is 19.9 Å². The molecule has 1 aliphatic rings. The Balaban J connectivity index is 2.08. The minimum absolute atomic E-state index is 0.0186. The van der Waals surface area contributed by atoms with Gasteiger partial charge in [0.1, 0.15) is 0 Å². The van der Waals surface area contributed by atoms with Gasteiger partial charge in [0.25, 0.3) is 11.6 Å². The molecule has 10 heteroatoms. The van der Waals surface area contributed by atoms with Gasteiger partial charge >= 0.3 is 5.91 Å². The highest BCUT2D eigenvalue weighted by Gasteiger charge is 2.24. The van der Waals surface area contributed by atoms with E-state index >= 15 is 0 Å². The van der Waals surface area contributed by atoms with Crippen molar-refractivity contribution >= 4 is 35.1 Å². The smallest absolute Gasteiger partial charge is 0.309 e. The highest BCUT2D eigenvalue weighted by molar-refractivity contribution is 5.93. The minimum Gasteiger partial charge on any atom is -0.413 e.